The number of ketones is 1. The summed E-state index contributed by atoms with van der Waals surface area (Å²) in [6.07, 6.45) is 9.59. The Morgan fingerprint density at radius 1 is 0.828 bits per heavy atom. The Morgan fingerprint density at radius 3 is 1.55 bits per heavy atom. The molecular formula is C26H40O3. The van der Waals surface area contributed by atoms with Gasteiger partial charge in [-0.15, -0.1) is 0 Å². The number of rotatable bonds is 6. The van der Waals surface area contributed by atoms with E-state index < -0.39 is 0 Å². The van der Waals surface area contributed by atoms with Gasteiger partial charge >= 0.3 is 0 Å². The van der Waals surface area contributed by atoms with Crippen LogP contribution < -0.4 is 0 Å². The number of carbonyl (C=O) groups is 1. The summed E-state index contributed by atoms with van der Waals surface area (Å²) < 4.78 is 0. The zero-order valence-electron chi connectivity index (χ0n) is 18.9. The Hall–Kier alpha value is -1.97. The normalized spacial score (nSPS) is 12.1. The van der Waals surface area contributed by atoms with Gasteiger partial charge in [0.25, 0.3) is 0 Å². The summed E-state index contributed by atoms with van der Waals surface area (Å²) in [7, 11) is 0. The van der Waals surface area contributed by atoms with Crippen molar-refractivity contribution >= 4 is 5.78 Å². The van der Waals surface area contributed by atoms with E-state index in [9.17, 15) is 4.79 Å². The Kier molecular flexibility index (Phi) is 15.8. The molecule has 3 nitrogen and oxygen atoms in total. The average Bonchev–Trinajstić information content (AvgIpc) is 2.75. The molecule has 3 heteroatoms. The van der Waals surface area contributed by atoms with Crippen LogP contribution in [0, 0.1) is 0 Å². The molecule has 0 atom stereocenters. The molecule has 2 aromatic carbocycles. The Morgan fingerprint density at radius 2 is 1.24 bits per heavy atom. The van der Waals surface area contributed by atoms with E-state index in [0.717, 1.165) is 11.5 Å². The van der Waals surface area contributed by atoms with Gasteiger partial charge < -0.3 is 0 Å². The first kappa shape index (κ1) is 27.0. The van der Waals surface area contributed by atoms with Crippen molar-refractivity contribution in [3.05, 3.63) is 59.7 Å². The molecule has 1 fully saturated rings. The van der Waals surface area contributed by atoms with Gasteiger partial charge in [0, 0.05) is 5.56 Å². The first-order valence-corrected chi connectivity index (χ1v) is 11.1. The lowest BCUT2D eigenvalue weighted by Gasteiger charge is -2.25. The molecule has 0 amide bonds. The zero-order valence-corrected chi connectivity index (χ0v) is 18.9. The van der Waals surface area contributed by atoms with E-state index >= 15 is 0 Å². The summed E-state index contributed by atoms with van der Waals surface area (Å²) in [4.78, 5) is 11.3. The van der Waals surface area contributed by atoms with Crippen molar-refractivity contribution in [2.45, 2.75) is 85.5 Å². The van der Waals surface area contributed by atoms with Crippen molar-refractivity contribution in [3.63, 3.8) is 0 Å². The summed E-state index contributed by atoms with van der Waals surface area (Å²) >= 11 is 0. The maximum atomic E-state index is 11.3. The Labute approximate surface area is 177 Å². The first-order chi connectivity index (χ1) is 14.2. The minimum absolute atomic E-state index is 0.117. The molecule has 1 saturated carbocycles. The van der Waals surface area contributed by atoms with Crippen LogP contribution >= 0.6 is 0 Å². The van der Waals surface area contributed by atoms with Crippen molar-refractivity contribution in [2.24, 2.45) is 0 Å². The molecule has 1 aliphatic carbocycles. The molecule has 3 rings (SSSR count). The second-order valence-corrected chi connectivity index (χ2v) is 7.09. The van der Waals surface area contributed by atoms with Crippen molar-refractivity contribution in [1.82, 2.24) is 0 Å². The lowest BCUT2D eigenvalue weighted by atomic mass is 9.80. The highest BCUT2D eigenvalue weighted by Crippen LogP contribution is 2.36. The monoisotopic (exact) mass is 400 g/mol. The topological polar surface area (TPSA) is 57.5 Å². The van der Waals surface area contributed by atoms with Gasteiger partial charge in [-0.3, -0.25) is 15.3 Å². The van der Waals surface area contributed by atoms with Crippen molar-refractivity contribution in [2.75, 3.05) is 0 Å². The molecule has 0 saturated heterocycles. The summed E-state index contributed by atoms with van der Waals surface area (Å²) in [6.45, 7) is 10.1. The second kappa shape index (κ2) is 16.9. The molecule has 0 bridgehead atoms. The molecule has 0 spiro atoms. The molecule has 2 aromatic rings. The van der Waals surface area contributed by atoms with Gasteiger partial charge in [-0.05, 0) is 42.4 Å². The number of unbranched alkanes of at least 4 members (excludes halogenated alkanes) is 3. The maximum Gasteiger partial charge on any atom is 0.159 e. The van der Waals surface area contributed by atoms with Crippen molar-refractivity contribution < 1.29 is 15.3 Å². The third-order valence-electron chi connectivity index (χ3n) is 5.07. The molecule has 0 aromatic heterocycles. The van der Waals surface area contributed by atoms with Crippen molar-refractivity contribution in [1.29, 1.82) is 0 Å². The lowest BCUT2D eigenvalue weighted by Crippen LogP contribution is -2.08. The van der Waals surface area contributed by atoms with Crippen LogP contribution in [-0.4, -0.2) is 16.3 Å². The predicted octanol–water partition coefficient (Wildman–Crippen LogP) is 8.45. The van der Waals surface area contributed by atoms with Crippen molar-refractivity contribution in [3.8, 4) is 11.1 Å². The van der Waals surface area contributed by atoms with Gasteiger partial charge in [0.1, 0.15) is 0 Å². The summed E-state index contributed by atoms with van der Waals surface area (Å²) in [6, 6.07) is 16.7. The third kappa shape index (κ3) is 9.87. The fraction of sp³-hybridized carbons (Fsp3) is 0.500. The molecule has 0 radical (unpaired) electrons. The van der Waals surface area contributed by atoms with Crippen LogP contribution in [0.2, 0.25) is 0 Å². The van der Waals surface area contributed by atoms with Crippen LogP contribution in [0.4, 0.5) is 0 Å². The molecule has 162 valence electrons. The summed E-state index contributed by atoms with van der Waals surface area (Å²) in [5.41, 5.74) is 4.63. The zero-order chi connectivity index (χ0) is 22.1. The number of hydrogen-bond acceptors (Lipinski definition) is 3. The highest BCUT2D eigenvalue weighted by atomic mass is 17.0. The third-order valence-corrected chi connectivity index (χ3v) is 5.07. The summed E-state index contributed by atoms with van der Waals surface area (Å²) in [5.74, 6) is 0.904. The van der Waals surface area contributed by atoms with Gasteiger partial charge in [-0.1, -0.05) is 108 Å². The SMILES string of the molecule is CC.CC(=O)c1ccc(-c2ccc(C3CCC3)cc2)cc1.CCCCCC.OO. The molecule has 29 heavy (non-hydrogen) atoms. The van der Waals surface area contributed by atoms with E-state index in [0.29, 0.717) is 0 Å². The van der Waals surface area contributed by atoms with Crippen LogP contribution in [-0.2, 0) is 0 Å². The minimum Gasteiger partial charge on any atom is -0.295 e. The van der Waals surface area contributed by atoms with Gasteiger partial charge in [0.15, 0.2) is 5.78 Å². The van der Waals surface area contributed by atoms with Crippen LogP contribution in [0.3, 0.4) is 0 Å². The molecule has 0 aliphatic heterocycles. The quantitative estimate of drug-likeness (QED) is 0.221. The van der Waals surface area contributed by atoms with E-state index in [4.69, 9.17) is 10.5 Å². The average molecular weight is 401 g/mol. The summed E-state index contributed by atoms with van der Waals surface area (Å²) in [5, 5.41) is 12.0. The van der Waals surface area contributed by atoms with Gasteiger partial charge in [-0.25, -0.2) is 0 Å². The van der Waals surface area contributed by atoms with Gasteiger partial charge in [0.2, 0.25) is 0 Å². The van der Waals surface area contributed by atoms with Crippen LogP contribution in [0.15, 0.2) is 48.5 Å². The highest BCUT2D eigenvalue weighted by molar-refractivity contribution is 5.94. The molecular weight excluding hydrogens is 360 g/mol. The van der Waals surface area contributed by atoms with Gasteiger partial charge in [-0.2, -0.15) is 0 Å². The van der Waals surface area contributed by atoms with Crippen LogP contribution in [0.25, 0.3) is 11.1 Å². The largest absolute Gasteiger partial charge is 0.295 e. The van der Waals surface area contributed by atoms with E-state index in [1.807, 2.05) is 38.1 Å². The predicted molar refractivity (Wildman–Crippen MR) is 125 cm³/mol. The molecule has 2 N–H and O–H groups in total. The number of carbonyl (C=O) groups excluding carboxylic acids is 1. The number of hydrogen-bond donors (Lipinski definition) is 2. The second-order valence-electron chi connectivity index (χ2n) is 7.09. The fourth-order valence-electron chi connectivity index (χ4n) is 3.09. The molecule has 1 aliphatic rings. The Bertz CT molecular complexity index is 637. The number of Topliss-reactive ketones (excluding diaryl/α,β-unsaturated/α-hetero) is 1. The number of benzene rings is 2. The smallest absolute Gasteiger partial charge is 0.159 e. The van der Waals surface area contributed by atoms with Gasteiger partial charge in [0.05, 0.1) is 0 Å². The van der Waals surface area contributed by atoms with E-state index in [1.165, 1.54) is 61.6 Å². The Balaban J connectivity index is 0.000000670. The van der Waals surface area contributed by atoms with E-state index in [2.05, 4.69) is 38.1 Å². The molecule has 0 unspecified atom stereocenters. The van der Waals surface area contributed by atoms with E-state index in [1.54, 1.807) is 6.92 Å². The minimum atomic E-state index is 0.117. The fourth-order valence-corrected chi connectivity index (χ4v) is 3.09. The highest BCUT2D eigenvalue weighted by Gasteiger charge is 2.18. The lowest BCUT2D eigenvalue weighted by molar-refractivity contribution is -0.176. The molecule has 0 heterocycles. The van der Waals surface area contributed by atoms with Crippen LogP contribution in [0.5, 0.6) is 0 Å². The van der Waals surface area contributed by atoms with E-state index in [-0.39, 0.29) is 5.78 Å². The van der Waals surface area contributed by atoms with Crippen LogP contribution in [0.1, 0.15) is 101 Å². The standard InChI is InChI=1S/C18H18O.C6H14.C2H6.H2O2/c1-13(19)14-5-7-17(8-6-14)18-11-9-16(10-12-18)15-3-2-4-15;1-3-5-6-4-2;2*1-2/h5-12,15H,2-4H2,1H3;3-6H2,1-2H3;1-2H3;1-2H. The first-order valence-electron chi connectivity index (χ1n) is 11.1. The maximum absolute atomic E-state index is 11.3.